The molecule has 0 bridgehead atoms. The lowest BCUT2D eigenvalue weighted by atomic mass is 9.77. The molecule has 1 aliphatic carbocycles. The second-order valence-electron chi connectivity index (χ2n) is 20.2. The molecule has 1 spiro atoms. The molecule has 380 valence electrons. The SMILES string of the molecule is CCc1cccc(N(CC)C(=O)Cn2c(C(=O)CC3CCC(C(=O)NCCCCCCNC(=O)c4ccc5c(c4)C4(OC5=O)c5ccc(N(C)C)cc5Oc5cc(N(C)C)ccc54)CC3)cc3ccccc32)c1. The number of nitrogens with zero attached hydrogens (tertiary/aromatic N) is 4. The van der Waals surface area contributed by atoms with Crippen LogP contribution >= 0.6 is 0 Å². The molecule has 0 atom stereocenters. The van der Waals surface area contributed by atoms with Crippen LogP contribution in [0.3, 0.4) is 0 Å². The molecule has 3 aliphatic rings. The van der Waals surface area contributed by atoms with Gasteiger partial charge in [0.2, 0.25) is 11.8 Å². The van der Waals surface area contributed by atoms with Gasteiger partial charge in [-0.1, -0.05) is 50.1 Å². The van der Waals surface area contributed by atoms with Gasteiger partial charge in [0, 0.05) is 123 Å². The number of carbonyl (C=O) groups is 5. The predicted molar refractivity (Wildman–Crippen MR) is 287 cm³/mol. The number of hydrogen-bond acceptors (Lipinski definition) is 9. The van der Waals surface area contributed by atoms with Crippen LogP contribution in [0.15, 0.2) is 109 Å². The van der Waals surface area contributed by atoms with Gasteiger partial charge in [-0.2, -0.15) is 0 Å². The van der Waals surface area contributed by atoms with E-state index < -0.39 is 11.6 Å². The van der Waals surface area contributed by atoms with Gasteiger partial charge in [0.05, 0.1) is 11.3 Å². The molecule has 0 unspecified atom stereocenters. The van der Waals surface area contributed by atoms with Crippen LogP contribution in [-0.2, 0) is 32.9 Å². The monoisotopic (exact) mass is 985 g/mol. The van der Waals surface area contributed by atoms with Gasteiger partial charge in [0.1, 0.15) is 18.0 Å². The molecule has 13 heteroatoms. The van der Waals surface area contributed by atoms with E-state index in [0.29, 0.717) is 71.1 Å². The van der Waals surface area contributed by atoms with Crippen molar-refractivity contribution < 1.29 is 33.4 Å². The maximum absolute atomic E-state index is 14.0. The molecule has 1 saturated carbocycles. The summed E-state index contributed by atoms with van der Waals surface area (Å²) in [6, 6.07) is 34.7. The second-order valence-corrected chi connectivity index (χ2v) is 20.2. The van der Waals surface area contributed by atoms with E-state index in [-0.39, 0.29) is 41.9 Å². The Hall–Kier alpha value is -7.41. The number of benzene rings is 5. The second kappa shape index (κ2) is 21.7. The van der Waals surface area contributed by atoms with Crippen molar-refractivity contribution in [2.45, 2.75) is 90.2 Å². The Morgan fingerprint density at radius 1 is 0.685 bits per heavy atom. The van der Waals surface area contributed by atoms with E-state index in [0.717, 1.165) is 85.8 Å². The number of nitrogens with one attached hydrogen (secondary N) is 2. The minimum atomic E-state index is -1.30. The number of Topliss-reactive ketones (excluding diaryl/α,β-unsaturated/α-hetero) is 1. The van der Waals surface area contributed by atoms with Crippen LogP contribution in [0.5, 0.6) is 11.5 Å². The zero-order chi connectivity index (χ0) is 51.4. The average Bonchev–Trinajstić information content (AvgIpc) is 3.91. The Balaban J connectivity index is 0.729. The molecule has 2 N–H and O–H groups in total. The number of carbonyl (C=O) groups excluding carboxylic acids is 5. The third kappa shape index (κ3) is 10.3. The van der Waals surface area contributed by atoms with Gasteiger partial charge in [0.15, 0.2) is 11.4 Å². The summed E-state index contributed by atoms with van der Waals surface area (Å²) < 4.78 is 14.8. The molecule has 6 aromatic rings. The number of aromatic nitrogens is 1. The van der Waals surface area contributed by atoms with Crippen molar-refractivity contribution in [3.05, 3.63) is 148 Å². The third-order valence-electron chi connectivity index (χ3n) is 15.1. The van der Waals surface area contributed by atoms with Crippen molar-refractivity contribution in [3.63, 3.8) is 0 Å². The molecule has 1 aromatic heterocycles. The van der Waals surface area contributed by atoms with Gasteiger partial charge in [-0.05, 0) is 130 Å². The highest BCUT2D eigenvalue weighted by Gasteiger charge is 2.54. The Labute approximate surface area is 428 Å². The van der Waals surface area contributed by atoms with Crippen LogP contribution in [0.2, 0.25) is 0 Å². The molecule has 5 aromatic carbocycles. The number of aryl methyl sites for hydroxylation is 1. The van der Waals surface area contributed by atoms with Crippen molar-refractivity contribution in [3.8, 4) is 11.5 Å². The quantitative estimate of drug-likeness (QED) is 0.0461. The largest absolute Gasteiger partial charge is 0.456 e. The van der Waals surface area contributed by atoms with Gasteiger partial charge in [-0.3, -0.25) is 19.2 Å². The molecule has 3 amide bonds. The maximum Gasteiger partial charge on any atom is 0.340 e. The third-order valence-corrected chi connectivity index (χ3v) is 15.1. The van der Waals surface area contributed by atoms with E-state index in [1.165, 1.54) is 5.56 Å². The normalized spacial score (nSPS) is 16.2. The molecular weight excluding hydrogens is 917 g/mol. The molecule has 73 heavy (non-hydrogen) atoms. The first-order chi connectivity index (χ1) is 35.3. The highest BCUT2D eigenvalue weighted by atomic mass is 16.6. The minimum absolute atomic E-state index is 0.0305. The van der Waals surface area contributed by atoms with Gasteiger partial charge in [-0.25, -0.2) is 4.79 Å². The fourth-order valence-electron chi connectivity index (χ4n) is 10.9. The van der Waals surface area contributed by atoms with Crippen molar-refractivity contribution in [2.24, 2.45) is 11.8 Å². The number of likely N-dealkylation sites (N-methyl/N-ethyl adjacent to an activating group) is 1. The molecule has 9 rings (SSSR count). The molecule has 2 aliphatic heterocycles. The lowest BCUT2D eigenvalue weighted by Gasteiger charge is -2.37. The van der Waals surface area contributed by atoms with E-state index in [2.05, 4.69) is 29.7 Å². The summed E-state index contributed by atoms with van der Waals surface area (Å²) >= 11 is 0. The van der Waals surface area contributed by atoms with E-state index in [9.17, 15) is 24.0 Å². The Bertz CT molecular complexity index is 3000. The summed E-state index contributed by atoms with van der Waals surface area (Å²) in [6.07, 6.45) is 7.76. The standard InChI is InChI=1S/C60H68N6O7/c1-7-39-16-15-18-46(32-39)65(8-2)56(68)38-66-51-19-12-11-17-42(51)35-52(66)53(67)33-40-20-22-41(23-21-40)57(69)61-30-13-9-10-14-31-62-58(70)43-24-27-47-50(34-43)60(73-59(47)71)48-28-25-44(63(3)4)36-54(48)72-55-37-45(64(5)6)26-29-49(55)60/h11-12,15-19,24-29,32,34-37,40-41H,7-10,13-14,20-23,30-31,33,38H2,1-6H3,(H,61,69)(H,62,70). The van der Waals surface area contributed by atoms with E-state index in [1.54, 1.807) is 23.1 Å². The van der Waals surface area contributed by atoms with Gasteiger partial charge in [-0.15, -0.1) is 0 Å². The molecular formula is C60H68N6O7. The first-order valence-corrected chi connectivity index (χ1v) is 26.1. The zero-order valence-corrected chi connectivity index (χ0v) is 43.1. The first kappa shape index (κ1) is 50.5. The lowest BCUT2D eigenvalue weighted by Crippen LogP contribution is -2.35. The molecule has 3 heterocycles. The predicted octanol–water partition coefficient (Wildman–Crippen LogP) is 10.4. The van der Waals surface area contributed by atoms with Crippen molar-refractivity contribution >= 4 is 57.4 Å². The number of anilines is 3. The van der Waals surface area contributed by atoms with E-state index in [4.69, 9.17) is 9.47 Å². The Morgan fingerprint density at radius 2 is 1.36 bits per heavy atom. The van der Waals surface area contributed by atoms with Gasteiger partial charge in [0.25, 0.3) is 5.91 Å². The van der Waals surface area contributed by atoms with E-state index in [1.807, 2.05) is 128 Å². The summed E-state index contributed by atoms with van der Waals surface area (Å²) in [4.78, 5) is 74.1. The Morgan fingerprint density at radius 3 is 2.01 bits per heavy atom. The fourth-order valence-corrected chi connectivity index (χ4v) is 10.9. The number of fused-ring (bicyclic) bond motifs is 7. The molecule has 0 radical (unpaired) electrons. The number of unbranched alkanes of at least 4 members (excludes halogenated alkanes) is 3. The van der Waals surface area contributed by atoms with E-state index >= 15 is 0 Å². The Kier molecular flexibility index (Phi) is 15.1. The summed E-state index contributed by atoms with van der Waals surface area (Å²) in [5.41, 5.74) is 6.86. The van der Waals surface area contributed by atoms with Crippen molar-refractivity contribution in [1.29, 1.82) is 0 Å². The van der Waals surface area contributed by atoms with Gasteiger partial charge >= 0.3 is 5.97 Å². The molecule has 0 saturated heterocycles. The number of para-hydroxylation sites is 1. The fraction of sp³-hybridized carbons (Fsp3) is 0.383. The number of amides is 3. The molecule has 13 nitrogen and oxygen atoms in total. The van der Waals surface area contributed by atoms with Crippen LogP contribution in [0.4, 0.5) is 17.1 Å². The molecule has 1 fully saturated rings. The van der Waals surface area contributed by atoms with Crippen LogP contribution < -0.4 is 30.1 Å². The van der Waals surface area contributed by atoms with Crippen LogP contribution in [0.1, 0.15) is 125 Å². The number of esters is 1. The number of rotatable bonds is 19. The summed E-state index contributed by atoms with van der Waals surface area (Å²) in [7, 11) is 7.83. The number of ether oxygens (including phenoxy) is 2. The highest BCUT2D eigenvalue weighted by molar-refractivity contribution is 6.03. The summed E-state index contributed by atoms with van der Waals surface area (Å²) in [6.45, 7) is 5.75. The van der Waals surface area contributed by atoms with Crippen LogP contribution in [0.25, 0.3) is 10.9 Å². The maximum atomic E-state index is 14.0. The van der Waals surface area contributed by atoms with Gasteiger partial charge < -0.3 is 39.4 Å². The number of hydrogen-bond donors (Lipinski definition) is 2. The van der Waals surface area contributed by atoms with Crippen LogP contribution in [-0.4, -0.2) is 81.9 Å². The zero-order valence-electron chi connectivity index (χ0n) is 43.1. The van der Waals surface area contributed by atoms with Crippen molar-refractivity contribution in [2.75, 3.05) is 62.5 Å². The summed E-state index contributed by atoms with van der Waals surface area (Å²) in [5.74, 6) is 0.618. The highest BCUT2D eigenvalue weighted by Crippen LogP contribution is 2.57. The number of ketones is 1. The van der Waals surface area contributed by atoms with Crippen LogP contribution in [0, 0.1) is 11.8 Å². The average molecular weight is 985 g/mol. The van der Waals surface area contributed by atoms with Crippen molar-refractivity contribution in [1.82, 2.24) is 15.2 Å². The topological polar surface area (TPSA) is 143 Å². The lowest BCUT2D eigenvalue weighted by molar-refractivity contribution is -0.126. The first-order valence-electron chi connectivity index (χ1n) is 26.1. The summed E-state index contributed by atoms with van der Waals surface area (Å²) in [5, 5.41) is 7.16. The minimum Gasteiger partial charge on any atom is -0.456 e. The smallest absolute Gasteiger partial charge is 0.340 e.